The molecule has 4 aromatic rings. The van der Waals surface area contributed by atoms with Crippen molar-refractivity contribution in [3.05, 3.63) is 77.7 Å². The van der Waals surface area contributed by atoms with Gasteiger partial charge in [0.25, 0.3) is 0 Å². The average molecular weight is 428 g/mol. The normalized spacial score (nSPS) is 10.7. The van der Waals surface area contributed by atoms with Crippen LogP contribution in [0.2, 0.25) is 0 Å². The van der Waals surface area contributed by atoms with E-state index < -0.39 is 0 Å². The predicted octanol–water partition coefficient (Wildman–Crippen LogP) is 4.00. The summed E-state index contributed by atoms with van der Waals surface area (Å²) in [6.07, 6.45) is 2.02. The summed E-state index contributed by atoms with van der Waals surface area (Å²) in [5.74, 6) is 2.10. The lowest BCUT2D eigenvalue weighted by Gasteiger charge is -2.12. The van der Waals surface area contributed by atoms with Gasteiger partial charge in [-0.1, -0.05) is 42.5 Å². The summed E-state index contributed by atoms with van der Waals surface area (Å²) in [5.41, 5.74) is 3.60. The Bertz CT molecular complexity index is 1210. The molecule has 0 radical (unpaired) electrons. The van der Waals surface area contributed by atoms with E-state index in [4.69, 9.17) is 14.7 Å². The number of ether oxygens (including phenoxy) is 2. The lowest BCUT2D eigenvalue weighted by Crippen LogP contribution is -2.08. The zero-order valence-electron chi connectivity index (χ0n) is 18.1. The molecule has 32 heavy (non-hydrogen) atoms. The molecule has 8 nitrogen and oxygen atoms in total. The Balaban J connectivity index is 1.68. The van der Waals surface area contributed by atoms with Gasteiger partial charge >= 0.3 is 0 Å². The van der Waals surface area contributed by atoms with Gasteiger partial charge in [0.15, 0.2) is 11.6 Å². The Morgan fingerprint density at radius 1 is 1.03 bits per heavy atom. The third-order valence-electron chi connectivity index (χ3n) is 5.07. The summed E-state index contributed by atoms with van der Waals surface area (Å²) < 4.78 is 15.2. The summed E-state index contributed by atoms with van der Waals surface area (Å²) >= 11 is 0. The molecule has 0 aliphatic rings. The monoisotopic (exact) mass is 428 g/mol. The number of aryl methyl sites for hydroxylation is 2. The molecular formula is C24H24N6O2. The molecule has 0 N–H and O–H groups in total. The van der Waals surface area contributed by atoms with Crippen LogP contribution in [0.25, 0.3) is 11.5 Å². The van der Waals surface area contributed by atoms with Crippen LogP contribution in [0, 0.1) is 18.3 Å². The molecule has 0 saturated carbocycles. The molecule has 0 amide bonds. The molecule has 0 aliphatic carbocycles. The van der Waals surface area contributed by atoms with Gasteiger partial charge in [-0.05, 0) is 30.2 Å². The van der Waals surface area contributed by atoms with Crippen LogP contribution >= 0.6 is 0 Å². The van der Waals surface area contributed by atoms with E-state index >= 15 is 0 Å². The van der Waals surface area contributed by atoms with E-state index in [9.17, 15) is 0 Å². The van der Waals surface area contributed by atoms with Gasteiger partial charge in [-0.2, -0.15) is 10.4 Å². The van der Waals surface area contributed by atoms with Crippen LogP contribution < -0.4 is 9.47 Å². The van der Waals surface area contributed by atoms with Crippen LogP contribution in [0.3, 0.4) is 0 Å². The van der Waals surface area contributed by atoms with Crippen molar-refractivity contribution < 1.29 is 9.47 Å². The Kier molecular flexibility index (Phi) is 6.46. The van der Waals surface area contributed by atoms with Crippen molar-refractivity contribution in [2.45, 2.75) is 33.0 Å². The van der Waals surface area contributed by atoms with Crippen molar-refractivity contribution in [3.8, 4) is 29.1 Å². The SMILES string of the molecule is COc1ccc(Cn2cnnc2-c2c(OCc3ccccc3)c(C)nn2CCC#N)cc1. The number of hydrogen-bond acceptors (Lipinski definition) is 6. The van der Waals surface area contributed by atoms with Gasteiger partial charge in [-0.25, -0.2) is 0 Å². The highest BCUT2D eigenvalue weighted by atomic mass is 16.5. The topological polar surface area (TPSA) is 90.8 Å². The van der Waals surface area contributed by atoms with Gasteiger partial charge in [0.2, 0.25) is 0 Å². The molecule has 8 heteroatoms. The van der Waals surface area contributed by atoms with Gasteiger partial charge in [-0.3, -0.25) is 4.68 Å². The van der Waals surface area contributed by atoms with Gasteiger partial charge in [0.05, 0.1) is 32.7 Å². The second kappa shape index (κ2) is 9.79. The van der Waals surface area contributed by atoms with Crippen LogP contribution in [0.5, 0.6) is 11.5 Å². The Labute approximate surface area is 186 Å². The molecule has 0 spiro atoms. The van der Waals surface area contributed by atoms with E-state index in [-0.39, 0.29) is 0 Å². The molecule has 0 aliphatic heterocycles. The molecule has 0 atom stereocenters. The van der Waals surface area contributed by atoms with Gasteiger partial charge in [0.1, 0.15) is 30.1 Å². The number of nitriles is 1. The fraction of sp³-hybridized carbons (Fsp3) is 0.250. The molecular weight excluding hydrogens is 404 g/mol. The number of aromatic nitrogens is 5. The quantitative estimate of drug-likeness (QED) is 0.400. The van der Waals surface area contributed by atoms with Crippen molar-refractivity contribution >= 4 is 0 Å². The summed E-state index contributed by atoms with van der Waals surface area (Å²) in [5, 5.41) is 22.3. The van der Waals surface area contributed by atoms with Crippen LogP contribution in [0.15, 0.2) is 60.9 Å². The molecule has 2 aromatic carbocycles. The van der Waals surface area contributed by atoms with E-state index in [1.807, 2.05) is 66.1 Å². The maximum atomic E-state index is 9.10. The zero-order valence-corrected chi connectivity index (χ0v) is 18.1. The standard InChI is InChI=1S/C24H24N6O2/c1-18-23(32-16-20-7-4-3-5-8-20)22(30(28-18)14-6-13-25)24-27-26-17-29(24)15-19-9-11-21(31-2)12-10-19/h3-5,7-12,17H,6,14-16H2,1-2H3. The highest BCUT2D eigenvalue weighted by Crippen LogP contribution is 2.33. The number of hydrogen-bond donors (Lipinski definition) is 0. The van der Waals surface area contributed by atoms with Gasteiger partial charge in [0, 0.05) is 0 Å². The van der Waals surface area contributed by atoms with Crippen LogP contribution in [0.1, 0.15) is 23.2 Å². The summed E-state index contributed by atoms with van der Waals surface area (Å²) in [4.78, 5) is 0. The minimum atomic E-state index is 0.332. The molecule has 162 valence electrons. The van der Waals surface area contributed by atoms with Crippen molar-refractivity contribution in [1.29, 1.82) is 5.26 Å². The second-order valence-electron chi connectivity index (χ2n) is 7.30. The molecule has 2 heterocycles. The maximum absolute atomic E-state index is 9.10. The van der Waals surface area contributed by atoms with E-state index in [1.165, 1.54) is 0 Å². The third kappa shape index (κ3) is 4.62. The van der Waals surface area contributed by atoms with Gasteiger partial charge in [-0.15, -0.1) is 10.2 Å². The molecule has 0 saturated heterocycles. The van der Waals surface area contributed by atoms with Crippen molar-refractivity contribution in [1.82, 2.24) is 24.5 Å². The Morgan fingerprint density at radius 3 is 2.53 bits per heavy atom. The fourth-order valence-electron chi connectivity index (χ4n) is 3.48. The lowest BCUT2D eigenvalue weighted by atomic mass is 10.2. The zero-order chi connectivity index (χ0) is 22.3. The highest BCUT2D eigenvalue weighted by Gasteiger charge is 2.23. The van der Waals surface area contributed by atoms with Crippen molar-refractivity contribution in [2.24, 2.45) is 0 Å². The Hall–Kier alpha value is -4.12. The van der Waals surface area contributed by atoms with E-state index in [2.05, 4.69) is 21.4 Å². The average Bonchev–Trinajstić information content (AvgIpc) is 3.40. The summed E-state index contributed by atoms with van der Waals surface area (Å²) in [6, 6.07) is 20.0. The van der Waals surface area contributed by atoms with Crippen LogP contribution in [-0.2, 0) is 19.7 Å². The first-order chi connectivity index (χ1) is 15.7. The number of benzene rings is 2. The third-order valence-corrected chi connectivity index (χ3v) is 5.07. The van der Waals surface area contributed by atoms with E-state index in [1.54, 1.807) is 18.1 Å². The summed E-state index contributed by atoms with van der Waals surface area (Å²) in [7, 11) is 1.65. The van der Waals surface area contributed by atoms with Crippen molar-refractivity contribution in [3.63, 3.8) is 0 Å². The Morgan fingerprint density at radius 2 is 1.81 bits per heavy atom. The predicted molar refractivity (Wildman–Crippen MR) is 119 cm³/mol. The number of nitrogens with zero attached hydrogens (tertiary/aromatic N) is 6. The van der Waals surface area contributed by atoms with Gasteiger partial charge < -0.3 is 14.0 Å². The first kappa shape index (κ1) is 21.1. The fourth-order valence-corrected chi connectivity index (χ4v) is 3.48. The largest absolute Gasteiger partial charge is 0.497 e. The highest BCUT2D eigenvalue weighted by molar-refractivity contribution is 5.62. The van der Waals surface area contributed by atoms with Crippen LogP contribution in [-0.4, -0.2) is 31.7 Å². The summed E-state index contributed by atoms with van der Waals surface area (Å²) in [6.45, 7) is 3.33. The number of rotatable bonds is 9. The molecule has 0 bridgehead atoms. The van der Waals surface area contributed by atoms with E-state index in [0.29, 0.717) is 37.7 Å². The van der Waals surface area contributed by atoms with Crippen molar-refractivity contribution in [2.75, 3.05) is 7.11 Å². The molecule has 4 rings (SSSR count). The van der Waals surface area contributed by atoms with E-state index in [0.717, 1.165) is 28.3 Å². The smallest absolute Gasteiger partial charge is 0.186 e. The maximum Gasteiger partial charge on any atom is 0.186 e. The first-order valence-corrected chi connectivity index (χ1v) is 10.3. The first-order valence-electron chi connectivity index (χ1n) is 10.3. The molecule has 2 aromatic heterocycles. The van der Waals surface area contributed by atoms with Crippen LogP contribution in [0.4, 0.5) is 0 Å². The lowest BCUT2D eigenvalue weighted by molar-refractivity contribution is 0.305. The minimum absolute atomic E-state index is 0.332. The number of methoxy groups -OCH3 is 1. The second-order valence-corrected chi connectivity index (χ2v) is 7.30. The molecule has 0 fully saturated rings. The minimum Gasteiger partial charge on any atom is -0.497 e. The molecule has 0 unspecified atom stereocenters.